The van der Waals surface area contributed by atoms with E-state index in [2.05, 4.69) is 13.0 Å². The van der Waals surface area contributed by atoms with E-state index in [1.807, 2.05) is 13.8 Å². The molecule has 0 aromatic rings. The van der Waals surface area contributed by atoms with Gasteiger partial charge in [0, 0.05) is 25.7 Å². The smallest absolute Gasteiger partial charge is 0.309 e. The van der Waals surface area contributed by atoms with Crippen molar-refractivity contribution in [3.05, 3.63) is 11.6 Å². The highest BCUT2D eigenvalue weighted by atomic mass is 16.6. The van der Waals surface area contributed by atoms with Crippen molar-refractivity contribution in [1.82, 2.24) is 0 Å². The van der Waals surface area contributed by atoms with E-state index in [0.717, 1.165) is 18.4 Å². The molecule has 0 radical (unpaired) electrons. The van der Waals surface area contributed by atoms with Crippen LogP contribution in [-0.2, 0) is 23.8 Å². The predicted octanol–water partition coefficient (Wildman–Crippen LogP) is 2.38. The molecular formula is C17H24O5. The van der Waals surface area contributed by atoms with Crippen molar-refractivity contribution in [3.63, 3.8) is 0 Å². The van der Waals surface area contributed by atoms with Crippen LogP contribution in [-0.4, -0.2) is 35.9 Å². The van der Waals surface area contributed by atoms with E-state index in [1.165, 1.54) is 6.92 Å². The van der Waals surface area contributed by atoms with Crippen molar-refractivity contribution in [2.45, 2.75) is 70.9 Å². The van der Waals surface area contributed by atoms with Gasteiger partial charge in [-0.1, -0.05) is 13.0 Å². The van der Waals surface area contributed by atoms with Crippen LogP contribution in [0.2, 0.25) is 0 Å². The molecule has 2 fully saturated rings. The van der Waals surface area contributed by atoms with Gasteiger partial charge in [-0.25, -0.2) is 0 Å². The highest BCUT2D eigenvalue weighted by Crippen LogP contribution is 2.48. The second-order valence-electron chi connectivity index (χ2n) is 7.07. The number of allylic oxidation sites excluding steroid dienone is 1. The molecule has 3 rings (SSSR count). The largest absolute Gasteiger partial charge is 0.462 e. The molecule has 1 aliphatic carbocycles. The second kappa shape index (κ2) is 5.37. The Morgan fingerprint density at radius 3 is 2.86 bits per heavy atom. The van der Waals surface area contributed by atoms with Crippen LogP contribution in [0.4, 0.5) is 0 Å². The Kier molecular flexibility index (Phi) is 3.79. The zero-order valence-corrected chi connectivity index (χ0v) is 13.6. The van der Waals surface area contributed by atoms with Crippen molar-refractivity contribution < 1.29 is 23.8 Å². The molecule has 2 aliphatic heterocycles. The van der Waals surface area contributed by atoms with Crippen LogP contribution in [0.25, 0.3) is 0 Å². The summed E-state index contributed by atoms with van der Waals surface area (Å²) in [5, 5.41) is 0. The topological polar surface area (TPSA) is 65.1 Å². The normalized spacial score (nSPS) is 46.6. The van der Waals surface area contributed by atoms with E-state index in [1.54, 1.807) is 0 Å². The first kappa shape index (κ1) is 15.5. The Hall–Kier alpha value is -1.36. The highest BCUT2D eigenvalue weighted by Gasteiger charge is 2.57. The van der Waals surface area contributed by atoms with Crippen molar-refractivity contribution in [3.8, 4) is 0 Å². The average molecular weight is 308 g/mol. The Labute approximate surface area is 131 Å². The first-order valence-electron chi connectivity index (χ1n) is 8.02. The van der Waals surface area contributed by atoms with Gasteiger partial charge in [0.05, 0.1) is 17.6 Å². The summed E-state index contributed by atoms with van der Waals surface area (Å²) in [4.78, 5) is 23.2. The van der Waals surface area contributed by atoms with Gasteiger partial charge >= 0.3 is 11.9 Å². The standard InChI is InChI=1S/C17H24O5/c1-9-5-6-12-10(2)16(19)21-14(12)8-17(4)15(22-17)7-13(9)20-11(3)18/h5,10,12-15H,6-8H2,1-4H3/b9-5-/t10-,12-,13+,14-,15+,17+/m1/s1. The van der Waals surface area contributed by atoms with Gasteiger partial charge in [-0.2, -0.15) is 0 Å². The number of fused-ring (bicyclic) bond motifs is 2. The van der Waals surface area contributed by atoms with Gasteiger partial charge in [0.15, 0.2) is 0 Å². The maximum absolute atomic E-state index is 11.9. The maximum Gasteiger partial charge on any atom is 0.309 e. The van der Waals surface area contributed by atoms with E-state index in [0.29, 0.717) is 6.42 Å². The summed E-state index contributed by atoms with van der Waals surface area (Å²) >= 11 is 0. The maximum atomic E-state index is 11.9. The number of esters is 2. The summed E-state index contributed by atoms with van der Waals surface area (Å²) in [6.07, 6.45) is 3.98. The average Bonchev–Trinajstić information content (AvgIpc) is 2.97. The fraction of sp³-hybridized carbons (Fsp3) is 0.765. The fourth-order valence-electron chi connectivity index (χ4n) is 3.73. The molecule has 3 aliphatic rings. The lowest BCUT2D eigenvalue weighted by Gasteiger charge is -2.24. The third-order valence-electron chi connectivity index (χ3n) is 5.36. The number of ether oxygens (including phenoxy) is 3. The summed E-state index contributed by atoms with van der Waals surface area (Å²) < 4.78 is 16.9. The Bertz CT molecular complexity index is 525. The SMILES string of the molecule is CC(=O)O[C@H]1C[C@@H]2O[C@@]2(C)C[C@H]2OC(=O)[C@H](C)[C@H]2C/C=C\1C. The fourth-order valence-corrected chi connectivity index (χ4v) is 3.73. The Balaban J connectivity index is 1.85. The van der Waals surface area contributed by atoms with Crippen LogP contribution < -0.4 is 0 Å². The van der Waals surface area contributed by atoms with Crippen molar-refractivity contribution in [2.24, 2.45) is 11.8 Å². The zero-order chi connectivity index (χ0) is 16.1. The molecule has 122 valence electrons. The minimum absolute atomic E-state index is 0.0496. The lowest BCUT2D eigenvalue weighted by molar-refractivity contribution is -0.145. The number of carbonyl (C=O) groups is 2. The van der Waals surface area contributed by atoms with E-state index in [4.69, 9.17) is 14.2 Å². The molecule has 0 aromatic heterocycles. The summed E-state index contributed by atoms with van der Waals surface area (Å²) in [7, 11) is 0. The number of carbonyl (C=O) groups excluding carboxylic acids is 2. The molecule has 2 saturated heterocycles. The molecule has 0 bridgehead atoms. The number of rotatable bonds is 1. The van der Waals surface area contributed by atoms with Crippen molar-refractivity contribution in [2.75, 3.05) is 0 Å². The molecular weight excluding hydrogens is 284 g/mol. The van der Waals surface area contributed by atoms with Gasteiger partial charge in [-0.3, -0.25) is 9.59 Å². The van der Waals surface area contributed by atoms with Crippen LogP contribution in [0, 0.1) is 11.8 Å². The van der Waals surface area contributed by atoms with Crippen LogP contribution >= 0.6 is 0 Å². The Morgan fingerprint density at radius 2 is 2.18 bits per heavy atom. The van der Waals surface area contributed by atoms with Gasteiger partial charge in [-0.15, -0.1) is 0 Å². The van der Waals surface area contributed by atoms with E-state index >= 15 is 0 Å². The van der Waals surface area contributed by atoms with Gasteiger partial charge in [0.1, 0.15) is 12.2 Å². The number of hydrogen-bond acceptors (Lipinski definition) is 5. The monoisotopic (exact) mass is 308 g/mol. The van der Waals surface area contributed by atoms with Crippen molar-refractivity contribution in [1.29, 1.82) is 0 Å². The minimum Gasteiger partial charge on any atom is -0.462 e. The zero-order valence-electron chi connectivity index (χ0n) is 13.6. The van der Waals surface area contributed by atoms with Crippen LogP contribution in [0.5, 0.6) is 0 Å². The van der Waals surface area contributed by atoms with E-state index < -0.39 is 0 Å². The third kappa shape index (κ3) is 2.78. The quantitative estimate of drug-likeness (QED) is 0.423. The first-order chi connectivity index (χ1) is 10.3. The van der Waals surface area contributed by atoms with Gasteiger partial charge in [0.25, 0.3) is 0 Å². The van der Waals surface area contributed by atoms with Crippen LogP contribution in [0.15, 0.2) is 11.6 Å². The summed E-state index contributed by atoms with van der Waals surface area (Å²) in [6, 6.07) is 0. The molecule has 0 unspecified atom stereocenters. The second-order valence-corrected chi connectivity index (χ2v) is 7.07. The Morgan fingerprint density at radius 1 is 1.45 bits per heavy atom. The van der Waals surface area contributed by atoms with E-state index in [-0.39, 0.29) is 47.7 Å². The molecule has 0 aromatic carbocycles. The minimum atomic E-state index is -0.275. The molecule has 2 heterocycles. The molecule has 0 saturated carbocycles. The lowest BCUT2D eigenvalue weighted by atomic mass is 9.81. The molecule has 0 N–H and O–H groups in total. The molecule has 0 amide bonds. The van der Waals surface area contributed by atoms with Crippen LogP contribution in [0.1, 0.15) is 47.0 Å². The molecule has 6 atom stereocenters. The summed E-state index contributed by atoms with van der Waals surface area (Å²) in [5.41, 5.74) is 0.753. The van der Waals surface area contributed by atoms with Crippen molar-refractivity contribution >= 4 is 11.9 Å². The molecule has 0 spiro atoms. The van der Waals surface area contributed by atoms with Gasteiger partial charge < -0.3 is 14.2 Å². The molecule has 5 heteroatoms. The van der Waals surface area contributed by atoms with E-state index in [9.17, 15) is 9.59 Å². The predicted molar refractivity (Wildman–Crippen MR) is 79.0 cm³/mol. The van der Waals surface area contributed by atoms with Gasteiger partial charge in [-0.05, 0) is 25.8 Å². The van der Waals surface area contributed by atoms with Gasteiger partial charge in [0.2, 0.25) is 0 Å². The summed E-state index contributed by atoms with van der Waals surface area (Å²) in [5.74, 6) is -0.318. The summed E-state index contributed by atoms with van der Waals surface area (Å²) in [6.45, 7) is 7.39. The number of hydrogen-bond donors (Lipinski definition) is 0. The molecule has 5 nitrogen and oxygen atoms in total. The first-order valence-corrected chi connectivity index (χ1v) is 8.02. The molecule has 22 heavy (non-hydrogen) atoms. The highest BCUT2D eigenvalue weighted by molar-refractivity contribution is 5.75. The third-order valence-corrected chi connectivity index (χ3v) is 5.36. The lowest BCUT2D eigenvalue weighted by Crippen LogP contribution is -2.29. The number of epoxide rings is 1. The van der Waals surface area contributed by atoms with Crippen LogP contribution in [0.3, 0.4) is 0 Å².